The number of hydrogen-bond donors (Lipinski definition) is 1. The number of nitrogens with zero attached hydrogens (tertiary/aromatic N) is 1. The predicted molar refractivity (Wildman–Crippen MR) is 59.1 cm³/mol. The standard InChI is InChI=1S/C10H14ClF3N2O2/c1-6(11)8(17)15-7-2-4-16(5-3-7)9(18)10(12,13)14/h6-7H,2-5H2,1H3,(H,15,17). The summed E-state index contributed by atoms with van der Waals surface area (Å²) >= 11 is 5.56. The molecule has 1 fully saturated rings. The van der Waals surface area contributed by atoms with Crippen LogP contribution in [0.25, 0.3) is 0 Å². The molecule has 1 heterocycles. The summed E-state index contributed by atoms with van der Waals surface area (Å²) < 4.78 is 36.5. The van der Waals surface area contributed by atoms with E-state index in [1.165, 1.54) is 6.92 Å². The van der Waals surface area contributed by atoms with E-state index in [0.717, 1.165) is 4.90 Å². The monoisotopic (exact) mass is 286 g/mol. The van der Waals surface area contributed by atoms with Gasteiger partial charge in [-0.25, -0.2) is 0 Å². The van der Waals surface area contributed by atoms with Gasteiger partial charge in [-0.2, -0.15) is 13.2 Å². The summed E-state index contributed by atoms with van der Waals surface area (Å²) in [6.07, 6.45) is -4.23. The lowest BCUT2D eigenvalue weighted by Crippen LogP contribution is -2.50. The van der Waals surface area contributed by atoms with Crippen molar-refractivity contribution in [2.24, 2.45) is 0 Å². The summed E-state index contributed by atoms with van der Waals surface area (Å²) in [6.45, 7) is 1.49. The largest absolute Gasteiger partial charge is 0.471 e. The maximum absolute atomic E-state index is 12.2. The highest BCUT2D eigenvalue weighted by atomic mass is 35.5. The summed E-state index contributed by atoms with van der Waals surface area (Å²) in [5.74, 6) is -2.17. The Morgan fingerprint density at radius 3 is 2.22 bits per heavy atom. The molecule has 0 spiro atoms. The molecular formula is C10H14ClF3N2O2. The summed E-state index contributed by atoms with van der Waals surface area (Å²) in [5, 5.41) is 1.95. The molecule has 4 nitrogen and oxygen atoms in total. The molecule has 2 amide bonds. The van der Waals surface area contributed by atoms with E-state index in [1.807, 2.05) is 0 Å². The average molecular weight is 287 g/mol. The van der Waals surface area contributed by atoms with E-state index >= 15 is 0 Å². The van der Waals surface area contributed by atoms with Gasteiger partial charge < -0.3 is 10.2 Å². The fourth-order valence-corrected chi connectivity index (χ4v) is 1.79. The molecule has 1 aliphatic heterocycles. The zero-order chi connectivity index (χ0) is 13.9. The first-order valence-electron chi connectivity index (χ1n) is 5.52. The van der Waals surface area contributed by atoms with Crippen LogP contribution >= 0.6 is 11.6 Å². The van der Waals surface area contributed by atoms with Gasteiger partial charge >= 0.3 is 12.1 Å². The van der Waals surface area contributed by atoms with E-state index in [-0.39, 0.29) is 25.0 Å². The third-order valence-corrected chi connectivity index (χ3v) is 2.93. The van der Waals surface area contributed by atoms with Crippen LogP contribution in [0.5, 0.6) is 0 Å². The fraction of sp³-hybridized carbons (Fsp3) is 0.800. The van der Waals surface area contributed by atoms with Gasteiger partial charge in [0, 0.05) is 19.1 Å². The summed E-state index contributed by atoms with van der Waals surface area (Å²) in [5.41, 5.74) is 0. The van der Waals surface area contributed by atoms with Crippen molar-refractivity contribution in [1.29, 1.82) is 0 Å². The van der Waals surface area contributed by atoms with Crippen molar-refractivity contribution in [1.82, 2.24) is 10.2 Å². The number of piperidine rings is 1. The van der Waals surface area contributed by atoms with Crippen LogP contribution in [0.15, 0.2) is 0 Å². The second-order valence-electron chi connectivity index (χ2n) is 4.19. The Kier molecular flexibility index (Phi) is 4.84. The topological polar surface area (TPSA) is 49.4 Å². The average Bonchev–Trinajstić information content (AvgIpc) is 2.27. The Balaban J connectivity index is 2.42. The van der Waals surface area contributed by atoms with E-state index in [2.05, 4.69) is 5.32 Å². The second kappa shape index (κ2) is 5.77. The lowest BCUT2D eigenvalue weighted by molar-refractivity contribution is -0.186. The fourth-order valence-electron chi connectivity index (χ4n) is 1.72. The molecule has 1 aliphatic rings. The summed E-state index contributed by atoms with van der Waals surface area (Å²) in [7, 11) is 0. The molecule has 1 N–H and O–H groups in total. The number of likely N-dealkylation sites (tertiary alicyclic amines) is 1. The molecule has 1 unspecified atom stereocenters. The molecule has 1 saturated heterocycles. The number of hydrogen-bond acceptors (Lipinski definition) is 2. The van der Waals surface area contributed by atoms with Gasteiger partial charge in [-0.15, -0.1) is 11.6 Å². The van der Waals surface area contributed by atoms with Crippen molar-refractivity contribution in [2.75, 3.05) is 13.1 Å². The zero-order valence-electron chi connectivity index (χ0n) is 9.76. The highest BCUT2D eigenvalue weighted by Crippen LogP contribution is 2.21. The molecule has 18 heavy (non-hydrogen) atoms. The molecular weight excluding hydrogens is 273 g/mol. The van der Waals surface area contributed by atoms with Crippen LogP contribution in [0.2, 0.25) is 0 Å². The van der Waals surface area contributed by atoms with Gasteiger partial charge in [0.25, 0.3) is 0 Å². The Hall–Kier alpha value is -0.980. The number of rotatable bonds is 2. The van der Waals surface area contributed by atoms with E-state index in [4.69, 9.17) is 11.6 Å². The molecule has 0 aromatic carbocycles. The van der Waals surface area contributed by atoms with Gasteiger partial charge in [0.2, 0.25) is 5.91 Å². The molecule has 0 saturated carbocycles. The van der Waals surface area contributed by atoms with E-state index in [9.17, 15) is 22.8 Å². The minimum Gasteiger partial charge on any atom is -0.352 e. The first-order valence-corrected chi connectivity index (χ1v) is 5.96. The molecule has 0 aliphatic carbocycles. The van der Waals surface area contributed by atoms with Crippen molar-refractivity contribution >= 4 is 23.4 Å². The van der Waals surface area contributed by atoms with Crippen LogP contribution < -0.4 is 5.32 Å². The third kappa shape index (κ3) is 4.04. The van der Waals surface area contributed by atoms with Crippen molar-refractivity contribution in [3.05, 3.63) is 0 Å². The van der Waals surface area contributed by atoms with E-state index < -0.39 is 17.5 Å². The molecule has 0 aromatic rings. The third-order valence-electron chi connectivity index (χ3n) is 2.73. The van der Waals surface area contributed by atoms with Gasteiger partial charge in [-0.1, -0.05) is 0 Å². The van der Waals surface area contributed by atoms with Gasteiger partial charge in [-0.3, -0.25) is 9.59 Å². The van der Waals surface area contributed by atoms with Crippen LogP contribution in [0.1, 0.15) is 19.8 Å². The highest BCUT2D eigenvalue weighted by Gasteiger charge is 2.43. The Morgan fingerprint density at radius 1 is 1.33 bits per heavy atom. The van der Waals surface area contributed by atoms with Crippen molar-refractivity contribution in [3.8, 4) is 0 Å². The first-order chi connectivity index (χ1) is 8.21. The molecule has 0 bridgehead atoms. The summed E-state index contributed by atoms with van der Waals surface area (Å²) in [4.78, 5) is 23.0. The number of amides is 2. The van der Waals surface area contributed by atoms with Crippen LogP contribution in [-0.2, 0) is 9.59 Å². The quantitative estimate of drug-likeness (QED) is 0.778. The number of carbonyl (C=O) groups excluding carboxylic acids is 2. The maximum atomic E-state index is 12.2. The van der Waals surface area contributed by atoms with Gasteiger partial charge in [0.1, 0.15) is 5.38 Å². The number of halogens is 4. The molecule has 8 heteroatoms. The smallest absolute Gasteiger partial charge is 0.352 e. The first kappa shape index (κ1) is 15.1. The van der Waals surface area contributed by atoms with Gasteiger partial charge in [0.05, 0.1) is 0 Å². The number of nitrogens with one attached hydrogen (secondary N) is 1. The molecule has 104 valence electrons. The van der Waals surface area contributed by atoms with Crippen molar-refractivity contribution in [3.63, 3.8) is 0 Å². The summed E-state index contributed by atoms with van der Waals surface area (Å²) in [6, 6.07) is -0.226. The molecule has 0 aromatic heterocycles. The molecule has 0 radical (unpaired) electrons. The second-order valence-corrected chi connectivity index (χ2v) is 4.84. The van der Waals surface area contributed by atoms with E-state index in [1.54, 1.807) is 0 Å². The lowest BCUT2D eigenvalue weighted by Gasteiger charge is -2.32. The molecule has 1 rings (SSSR count). The Labute approximate surface area is 107 Å². The SMILES string of the molecule is CC(Cl)C(=O)NC1CCN(C(=O)C(F)(F)F)CC1. The minimum atomic E-state index is -4.83. The van der Waals surface area contributed by atoms with E-state index in [0.29, 0.717) is 12.8 Å². The Morgan fingerprint density at radius 2 is 1.83 bits per heavy atom. The lowest BCUT2D eigenvalue weighted by atomic mass is 10.0. The highest BCUT2D eigenvalue weighted by molar-refractivity contribution is 6.30. The van der Waals surface area contributed by atoms with Crippen LogP contribution in [0.3, 0.4) is 0 Å². The van der Waals surface area contributed by atoms with Gasteiger partial charge in [-0.05, 0) is 19.8 Å². The van der Waals surface area contributed by atoms with Gasteiger partial charge in [0.15, 0.2) is 0 Å². The van der Waals surface area contributed by atoms with Crippen molar-refractivity contribution < 1.29 is 22.8 Å². The van der Waals surface area contributed by atoms with Crippen LogP contribution in [0.4, 0.5) is 13.2 Å². The van der Waals surface area contributed by atoms with Crippen LogP contribution in [-0.4, -0.2) is 47.4 Å². The molecule has 1 atom stereocenters. The Bertz CT molecular complexity index is 326. The maximum Gasteiger partial charge on any atom is 0.471 e. The minimum absolute atomic E-state index is 0.0139. The zero-order valence-corrected chi connectivity index (χ0v) is 10.5. The number of alkyl halides is 4. The van der Waals surface area contributed by atoms with Crippen molar-refractivity contribution in [2.45, 2.75) is 37.4 Å². The number of carbonyl (C=O) groups is 2. The normalized spacial score (nSPS) is 19.5. The van der Waals surface area contributed by atoms with Crippen LogP contribution in [0, 0.1) is 0 Å². The predicted octanol–water partition coefficient (Wildman–Crippen LogP) is 1.28.